The van der Waals surface area contributed by atoms with Crippen molar-refractivity contribution in [1.82, 2.24) is 5.06 Å². The Labute approximate surface area is 156 Å². The van der Waals surface area contributed by atoms with Gasteiger partial charge in [-0.1, -0.05) is 0 Å². The van der Waals surface area contributed by atoms with Crippen molar-refractivity contribution in [3.8, 4) is 0 Å². The second-order valence-corrected chi connectivity index (χ2v) is 5.44. The molecule has 1 aliphatic heterocycles. The van der Waals surface area contributed by atoms with Gasteiger partial charge in [0, 0.05) is 5.57 Å². The maximum atomic E-state index is 13.0. The standard InChI is InChI=1S/C17H23NO9/c1-6-25-13(20)11(14(21)26-7-2)17(16(23)27-8-3)9-10(4)12(19)18(24-5)15(17)22/h9,11H,6-8H2,1-5H3. The van der Waals surface area contributed by atoms with Gasteiger partial charge in [-0.25, -0.2) is 0 Å². The van der Waals surface area contributed by atoms with Crippen LogP contribution in [0, 0.1) is 11.3 Å². The number of ether oxygens (including phenoxy) is 3. The molecule has 1 atom stereocenters. The third-order valence-corrected chi connectivity index (χ3v) is 3.80. The van der Waals surface area contributed by atoms with Crippen LogP contribution in [0.5, 0.6) is 0 Å². The van der Waals surface area contributed by atoms with Crippen LogP contribution in [-0.4, -0.2) is 61.7 Å². The van der Waals surface area contributed by atoms with Crippen LogP contribution in [0.4, 0.5) is 0 Å². The van der Waals surface area contributed by atoms with Crippen molar-refractivity contribution in [2.75, 3.05) is 26.9 Å². The highest BCUT2D eigenvalue weighted by molar-refractivity contribution is 6.21. The summed E-state index contributed by atoms with van der Waals surface area (Å²) >= 11 is 0. The van der Waals surface area contributed by atoms with Crippen molar-refractivity contribution in [3.05, 3.63) is 11.6 Å². The van der Waals surface area contributed by atoms with Gasteiger partial charge in [0.05, 0.1) is 26.9 Å². The van der Waals surface area contributed by atoms with Gasteiger partial charge in [-0.15, -0.1) is 5.06 Å². The molecule has 1 heterocycles. The predicted molar refractivity (Wildman–Crippen MR) is 88.4 cm³/mol. The molecule has 0 bridgehead atoms. The molecule has 1 rings (SSSR count). The molecule has 0 aromatic heterocycles. The lowest BCUT2D eigenvalue weighted by molar-refractivity contribution is -0.203. The highest BCUT2D eigenvalue weighted by Crippen LogP contribution is 2.40. The SMILES string of the molecule is CCOC(=O)C(C(=O)OCC)C1(C(=O)OCC)C=C(C)C(=O)N(OC)C1=O. The summed E-state index contributed by atoms with van der Waals surface area (Å²) in [5.74, 6) is -7.61. The normalized spacial score (nSPS) is 19.6. The molecule has 0 N–H and O–H groups in total. The van der Waals surface area contributed by atoms with E-state index in [9.17, 15) is 24.0 Å². The van der Waals surface area contributed by atoms with Gasteiger partial charge in [-0.2, -0.15) is 0 Å². The second kappa shape index (κ2) is 9.26. The van der Waals surface area contributed by atoms with Crippen LogP contribution in [0.15, 0.2) is 11.6 Å². The van der Waals surface area contributed by atoms with Gasteiger partial charge in [0.15, 0.2) is 11.3 Å². The molecule has 0 saturated heterocycles. The summed E-state index contributed by atoms with van der Waals surface area (Å²) in [5, 5.41) is 0.303. The van der Waals surface area contributed by atoms with Crippen LogP contribution in [0.2, 0.25) is 0 Å². The van der Waals surface area contributed by atoms with Crippen molar-refractivity contribution >= 4 is 29.7 Å². The summed E-state index contributed by atoms with van der Waals surface area (Å²) in [6.07, 6.45) is 0.934. The van der Waals surface area contributed by atoms with E-state index in [0.717, 1.165) is 13.2 Å². The molecule has 1 aliphatic rings. The largest absolute Gasteiger partial charge is 0.465 e. The Kier molecular flexibility index (Phi) is 7.65. The molecule has 1 unspecified atom stereocenters. The van der Waals surface area contributed by atoms with Gasteiger partial charge in [0.1, 0.15) is 0 Å². The number of amides is 2. The Morgan fingerprint density at radius 1 is 1.00 bits per heavy atom. The smallest absolute Gasteiger partial charge is 0.327 e. The van der Waals surface area contributed by atoms with E-state index in [1.54, 1.807) is 0 Å². The van der Waals surface area contributed by atoms with E-state index in [1.165, 1.54) is 27.7 Å². The second-order valence-electron chi connectivity index (χ2n) is 5.44. The first-order chi connectivity index (χ1) is 12.7. The average molecular weight is 385 g/mol. The monoisotopic (exact) mass is 385 g/mol. The molecule has 10 heteroatoms. The summed E-state index contributed by atoms with van der Waals surface area (Å²) in [4.78, 5) is 67.9. The van der Waals surface area contributed by atoms with Gasteiger partial charge >= 0.3 is 17.9 Å². The zero-order valence-electron chi connectivity index (χ0n) is 15.9. The molecule has 27 heavy (non-hydrogen) atoms. The third-order valence-electron chi connectivity index (χ3n) is 3.80. The summed E-state index contributed by atoms with van der Waals surface area (Å²) in [6, 6.07) is 0. The molecule has 0 saturated carbocycles. The Balaban J connectivity index is 3.76. The van der Waals surface area contributed by atoms with Crippen molar-refractivity contribution in [2.24, 2.45) is 11.3 Å². The first kappa shape index (κ1) is 22.3. The minimum Gasteiger partial charge on any atom is -0.465 e. The van der Waals surface area contributed by atoms with Gasteiger partial charge in [0.2, 0.25) is 0 Å². The molecule has 150 valence electrons. The lowest BCUT2D eigenvalue weighted by atomic mass is 9.71. The van der Waals surface area contributed by atoms with Crippen LogP contribution >= 0.6 is 0 Å². The molecular formula is C17H23NO9. The van der Waals surface area contributed by atoms with Crippen LogP contribution in [0.25, 0.3) is 0 Å². The highest BCUT2D eigenvalue weighted by Gasteiger charge is 2.64. The lowest BCUT2D eigenvalue weighted by Crippen LogP contribution is -2.60. The maximum absolute atomic E-state index is 13.0. The fourth-order valence-corrected chi connectivity index (χ4v) is 2.69. The van der Waals surface area contributed by atoms with Crippen LogP contribution in [-0.2, 0) is 43.0 Å². The summed E-state index contributed by atoms with van der Waals surface area (Å²) < 4.78 is 14.7. The molecular weight excluding hydrogens is 362 g/mol. The van der Waals surface area contributed by atoms with Gasteiger partial charge in [0.25, 0.3) is 11.8 Å². The number of hydroxylamine groups is 2. The molecule has 0 aromatic rings. The number of hydrogen-bond acceptors (Lipinski definition) is 9. The van der Waals surface area contributed by atoms with Gasteiger partial charge in [-0.3, -0.25) is 28.8 Å². The number of rotatable bonds is 8. The molecule has 0 spiro atoms. The summed E-state index contributed by atoms with van der Waals surface area (Å²) in [6.45, 7) is 5.41. The molecule has 0 aromatic carbocycles. The minimum atomic E-state index is -2.50. The Hall–Kier alpha value is -2.75. The van der Waals surface area contributed by atoms with Gasteiger partial charge in [-0.05, 0) is 33.8 Å². The number of carbonyl (C=O) groups is 5. The Bertz CT molecular complexity index is 651. The number of carbonyl (C=O) groups excluding carboxylic acids is 5. The van der Waals surface area contributed by atoms with E-state index >= 15 is 0 Å². The number of esters is 3. The van der Waals surface area contributed by atoms with Crippen molar-refractivity contribution in [1.29, 1.82) is 0 Å². The van der Waals surface area contributed by atoms with E-state index in [4.69, 9.17) is 19.0 Å². The van der Waals surface area contributed by atoms with Crippen LogP contribution in [0.1, 0.15) is 27.7 Å². The number of hydrogen-bond donors (Lipinski definition) is 0. The molecule has 0 fully saturated rings. The zero-order chi connectivity index (χ0) is 20.8. The topological polar surface area (TPSA) is 126 Å². The predicted octanol–water partition coefficient (Wildman–Crippen LogP) is 0.155. The quantitative estimate of drug-likeness (QED) is 0.248. The van der Waals surface area contributed by atoms with Crippen LogP contribution < -0.4 is 0 Å². The lowest BCUT2D eigenvalue weighted by Gasteiger charge is -2.37. The Morgan fingerprint density at radius 3 is 1.89 bits per heavy atom. The molecule has 2 amide bonds. The van der Waals surface area contributed by atoms with Crippen molar-refractivity contribution in [3.63, 3.8) is 0 Å². The number of nitrogens with zero attached hydrogens (tertiary/aromatic N) is 1. The first-order valence-electron chi connectivity index (χ1n) is 8.35. The zero-order valence-corrected chi connectivity index (χ0v) is 15.9. The maximum Gasteiger partial charge on any atom is 0.327 e. The summed E-state index contributed by atoms with van der Waals surface area (Å²) in [5.41, 5.74) is -2.59. The van der Waals surface area contributed by atoms with E-state index in [2.05, 4.69) is 0 Å². The Morgan fingerprint density at radius 2 is 1.48 bits per heavy atom. The third kappa shape index (κ3) is 4.00. The van der Waals surface area contributed by atoms with E-state index in [0.29, 0.717) is 5.06 Å². The van der Waals surface area contributed by atoms with Crippen molar-refractivity contribution < 1.29 is 43.0 Å². The minimum absolute atomic E-state index is 0.0944. The van der Waals surface area contributed by atoms with Crippen molar-refractivity contribution in [2.45, 2.75) is 27.7 Å². The van der Waals surface area contributed by atoms with Gasteiger partial charge < -0.3 is 14.2 Å². The van der Waals surface area contributed by atoms with Crippen LogP contribution in [0.3, 0.4) is 0 Å². The number of imide groups is 1. The fraction of sp³-hybridized carbons (Fsp3) is 0.588. The van der Waals surface area contributed by atoms with E-state index < -0.39 is 41.1 Å². The molecule has 0 radical (unpaired) electrons. The molecule has 10 nitrogen and oxygen atoms in total. The van der Waals surface area contributed by atoms with E-state index in [1.807, 2.05) is 0 Å². The summed E-state index contributed by atoms with van der Waals surface area (Å²) in [7, 11) is 1.04. The first-order valence-corrected chi connectivity index (χ1v) is 8.35. The fourth-order valence-electron chi connectivity index (χ4n) is 2.69. The highest BCUT2D eigenvalue weighted by atomic mass is 16.7. The average Bonchev–Trinajstić information content (AvgIpc) is 2.60. The van der Waals surface area contributed by atoms with E-state index in [-0.39, 0.29) is 25.4 Å². The molecule has 0 aliphatic carbocycles.